The number of aryl methyl sites for hydroxylation is 1. The summed E-state index contributed by atoms with van der Waals surface area (Å²) < 4.78 is 5.37. The van der Waals surface area contributed by atoms with Gasteiger partial charge in [0.25, 0.3) is 5.91 Å². The lowest BCUT2D eigenvalue weighted by molar-refractivity contribution is 0.0657. The number of benzene rings is 2. The molecule has 2 atom stereocenters. The average molecular weight is 293 g/mol. The van der Waals surface area contributed by atoms with Gasteiger partial charge in [0.1, 0.15) is 5.75 Å². The summed E-state index contributed by atoms with van der Waals surface area (Å²) in [6.45, 7) is 0. The van der Waals surface area contributed by atoms with Crippen molar-refractivity contribution in [2.75, 3.05) is 14.2 Å². The van der Waals surface area contributed by atoms with E-state index in [2.05, 4.69) is 24.3 Å². The zero-order chi connectivity index (χ0) is 15.3. The topological polar surface area (TPSA) is 29.5 Å². The lowest BCUT2D eigenvalue weighted by Gasteiger charge is -2.44. The van der Waals surface area contributed by atoms with Gasteiger partial charge in [-0.15, -0.1) is 0 Å². The number of carbonyl (C=O) groups excluding carboxylic acids is 1. The van der Waals surface area contributed by atoms with Gasteiger partial charge in [-0.05, 0) is 47.7 Å². The fraction of sp³-hybridized carbons (Fsp3) is 0.316. The Labute approximate surface area is 130 Å². The molecule has 0 radical (unpaired) electrons. The summed E-state index contributed by atoms with van der Waals surface area (Å²) in [4.78, 5) is 14.7. The second-order valence-electron chi connectivity index (χ2n) is 6.16. The van der Waals surface area contributed by atoms with E-state index in [1.807, 2.05) is 30.1 Å². The van der Waals surface area contributed by atoms with Crippen molar-refractivity contribution < 1.29 is 9.53 Å². The van der Waals surface area contributed by atoms with Gasteiger partial charge in [-0.2, -0.15) is 0 Å². The fourth-order valence-electron chi connectivity index (χ4n) is 4.03. The van der Waals surface area contributed by atoms with Crippen molar-refractivity contribution in [1.29, 1.82) is 0 Å². The van der Waals surface area contributed by atoms with Crippen LogP contribution in [-0.2, 0) is 6.42 Å². The zero-order valence-electron chi connectivity index (χ0n) is 12.9. The molecule has 0 N–H and O–H groups in total. The number of likely N-dealkylation sites (N-methyl/N-ethyl adjacent to an activating group) is 1. The van der Waals surface area contributed by atoms with E-state index in [1.54, 1.807) is 7.11 Å². The van der Waals surface area contributed by atoms with Crippen LogP contribution in [0.1, 0.15) is 45.4 Å². The molecule has 0 bridgehead atoms. The number of amides is 1. The maximum atomic E-state index is 12.8. The van der Waals surface area contributed by atoms with Gasteiger partial charge < -0.3 is 9.64 Å². The minimum Gasteiger partial charge on any atom is -0.497 e. The Bertz CT molecular complexity index is 753. The lowest BCUT2D eigenvalue weighted by atomic mass is 9.72. The molecule has 0 aromatic heterocycles. The summed E-state index contributed by atoms with van der Waals surface area (Å²) >= 11 is 0. The minimum absolute atomic E-state index is 0.107. The maximum Gasteiger partial charge on any atom is 0.254 e. The maximum absolute atomic E-state index is 12.8. The molecule has 1 heterocycles. The fourth-order valence-corrected chi connectivity index (χ4v) is 4.03. The molecule has 0 saturated heterocycles. The number of fused-ring (bicyclic) bond motifs is 5. The van der Waals surface area contributed by atoms with E-state index in [9.17, 15) is 4.79 Å². The third-order valence-corrected chi connectivity index (χ3v) is 5.11. The molecule has 0 spiro atoms. The van der Waals surface area contributed by atoms with Gasteiger partial charge in [0.05, 0.1) is 13.2 Å². The van der Waals surface area contributed by atoms with Gasteiger partial charge >= 0.3 is 0 Å². The largest absolute Gasteiger partial charge is 0.497 e. The van der Waals surface area contributed by atoms with E-state index < -0.39 is 0 Å². The van der Waals surface area contributed by atoms with E-state index in [0.717, 1.165) is 29.7 Å². The molecule has 0 unspecified atom stereocenters. The number of carbonyl (C=O) groups is 1. The van der Waals surface area contributed by atoms with E-state index in [4.69, 9.17) is 4.74 Å². The summed E-state index contributed by atoms with van der Waals surface area (Å²) in [5, 5.41) is 0. The molecule has 1 aliphatic carbocycles. The molecule has 0 fully saturated rings. The Balaban J connectivity index is 1.90. The number of hydrogen-bond acceptors (Lipinski definition) is 2. The van der Waals surface area contributed by atoms with E-state index >= 15 is 0 Å². The summed E-state index contributed by atoms with van der Waals surface area (Å²) in [5.41, 5.74) is 4.63. The predicted octanol–water partition coefficient (Wildman–Crippen LogP) is 3.55. The molecule has 0 saturated carbocycles. The molecule has 1 amide bonds. The first-order chi connectivity index (χ1) is 10.7. The normalized spacial score (nSPS) is 22.6. The van der Waals surface area contributed by atoms with Crippen LogP contribution in [0, 0.1) is 0 Å². The van der Waals surface area contributed by atoms with Crippen LogP contribution in [0.25, 0.3) is 0 Å². The van der Waals surface area contributed by atoms with Gasteiger partial charge in [-0.3, -0.25) is 4.79 Å². The molecule has 3 nitrogen and oxygen atoms in total. The van der Waals surface area contributed by atoms with Gasteiger partial charge in [-0.1, -0.05) is 24.3 Å². The molecule has 4 rings (SSSR count). The van der Waals surface area contributed by atoms with Crippen LogP contribution in [0.15, 0.2) is 42.5 Å². The van der Waals surface area contributed by atoms with Crippen molar-refractivity contribution in [3.63, 3.8) is 0 Å². The Hall–Kier alpha value is -2.29. The van der Waals surface area contributed by atoms with Crippen LogP contribution in [0.4, 0.5) is 0 Å². The molecule has 3 heteroatoms. The predicted molar refractivity (Wildman–Crippen MR) is 85.3 cm³/mol. The summed E-state index contributed by atoms with van der Waals surface area (Å²) in [6.07, 6.45) is 2.13. The molecular weight excluding hydrogens is 274 g/mol. The first kappa shape index (κ1) is 13.4. The summed E-state index contributed by atoms with van der Waals surface area (Å²) in [5.74, 6) is 1.28. The summed E-state index contributed by atoms with van der Waals surface area (Å²) in [7, 11) is 3.60. The number of methoxy groups -OCH3 is 1. The highest BCUT2D eigenvalue weighted by atomic mass is 16.5. The van der Waals surface area contributed by atoms with E-state index in [0.29, 0.717) is 5.92 Å². The van der Waals surface area contributed by atoms with Crippen molar-refractivity contribution in [3.8, 4) is 5.75 Å². The molecule has 1 aliphatic heterocycles. The highest BCUT2D eigenvalue weighted by Gasteiger charge is 2.41. The first-order valence-corrected chi connectivity index (χ1v) is 7.73. The van der Waals surface area contributed by atoms with E-state index in [-0.39, 0.29) is 11.9 Å². The smallest absolute Gasteiger partial charge is 0.254 e. The van der Waals surface area contributed by atoms with Gasteiger partial charge in [0.2, 0.25) is 0 Å². The van der Waals surface area contributed by atoms with Crippen molar-refractivity contribution in [2.24, 2.45) is 0 Å². The van der Waals surface area contributed by atoms with Crippen molar-refractivity contribution >= 4 is 5.91 Å². The van der Waals surface area contributed by atoms with Crippen LogP contribution in [0.5, 0.6) is 5.75 Å². The Kier molecular flexibility index (Phi) is 2.96. The second kappa shape index (κ2) is 4.87. The quantitative estimate of drug-likeness (QED) is 0.804. The molecule has 2 aromatic rings. The van der Waals surface area contributed by atoms with Crippen LogP contribution >= 0.6 is 0 Å². The standard InChI is InChI=1S/C19H19NO2/c1-20-18-14-6-4-3-5-12(14)7-9-15(18)17-11-13(22-2)8-10-16(17)19(20)21/h3-6,8,10-11,15,18H,7,9H2,1-2H3/t15-,18+/m0/s1. The number of hydrogen-bond donors (Lipinski definition) is 0. The van der Waals surface area contributed by atoms with Crippen LogP contribution in [0.2, 0.25) is 0 Å². The molecule has 112 valence electrons. The first-order valence-electron chi connectivity index (χ1n) is 7.73. The SMILES string of the molecule is COc1ccc2c(c1)[C@@H]1CCc3ccccc3[C@H]1N(C)C2=O. The Morgan fingerprint density at radius 2 is 1.95 bits per heavy atom. The highest BCUT2D eigenvalue weighted by molar-refractivity contribution is 5.97. The third-order valence-electron chi connectivity index (χ3n) is 5.11. The Morgan fingerprint density at radius 3 is 2.77 bits per heavy atom. The second-order valence-corrected chi connectivity index (χ2v) is 6.16. The molecule has 2 aliphatic rings. The average Bonchev–Trinajstić information content (AvgIpc) is 2.58. The number of rotatable bonds is 1. The lowest BCUT2D eigenvalue weighted by Crippen LogP contribution is -2.42. The van der Waals surface area contributed by atoms with Crippen LogP contribution < -0.4 is 4.74 Å². The van der Waals surface area contributed by atoms with Crippen LogP contribution in [0.3, 0.4) is 0 Å². The number of ether oxygens (including phenoxy) is 1. The van der Waals surface area contributed by atoms with Crippen molar-refractivity contribution in [3.05, 3.63) is 64.7 Å². The number of nitrogens with zero attached hydrogens (tertiary/aromatic N) is 1. The summed E-state index contributed by atoms with van der Waals surface area (Å²) in [6, 6.07) is 14.5. The molecule has 2 aromatic carbocycles. The highest BCUT2D eigenvalue weighted by Crippen LogP contribution is 2.48. The Morgan fingerprint density at radius 1 is 1.14 bits per heavy atom. The third kappa shape index (κ3) is 1.78. The zero-order valence-corrected chi connectivity index (χ0v) is 12.9. The monoisotopic (exact) mass is 293 g/mol. The van der Waals surface area contributed by atoms with Crippen molar-refractivity contribution in [2.45, 2.75) is 24.8 Å². The molecule has 22 heavy (non-hydrogen) atoms. The molecular formula is C19H19NO2. The van der Waals surface area contributed by atoms with Crippen LogP contribution in [-0.4, -0.2) is 25.0 Å². The van der Waals surface area contributed by atoms with E-state index in [1.165, 1.54) is 11.1 Å². The van der Waals surface area contributed by atoms with Gasteiger partial charge in [-0.25, -0.2) is 0 Å². The van der Waals surface area contributed by atoms with Crippen molar-refractivity contribution in [1.82, 2.24) is 4.90 Å². The minimum atomic E-state index is 0.107. The van der Waals surface area contributed by atoms with Gasteiger partial charge in [0.15, 0.2) is 0 Å². The van der Waals surface area contributed by atoms with Gasteiger partial charge in [0, 0.05) is 18.5 Å².